The zero-order valence-corrected chi connectivity index (χ0v) is 4.32. The summed E-state index contributed by atoms with van der Waals surface area (Å²) in [5.41, 5.74) is 6.20. The highest BCUT2D eigenvalue weighted by atomic mass is 16.2. The maximum atomic E-state index is 10.1. The van der Waals surface area contributed by atoms with E-state index in [2.05, 4.69) is 5.32 Å². The average molecular weight is 116 g/mol. The minimum absolute atomic E-state index is 0.662. The molecule has 0 bridgehead atoms. The van der Waals surface area contributed by atoms with Crippen LogP contribution in [0, 0.1) is 0 Å². The molecule has 0 fully saturated rings. The Hall–Kier alpha value is -1.26. The summed E-state index contributed by atoms with van der Waals surface area (Å²) in [7, 11) is 1.36. The summed E-state index contributed by atoms with van der Waals surface area (Å²) in [4.78, 5) is 19.8. The number of urea groups is 2. The molecule has 0 aliphatic rings. The molecule has 1 radical (unpaired) electrons. The summed E-state index contributed by atoms with van der Waals surface area (Å²) in [6.07, 6.45) is 0. The summed E-state index contributed by atoms with van der Waals surface area (Å²) >= 11 is 0. The molecule has 4 amide bonds. The summed E-state index contributed by atoms with van der Waals surface area (Å²) in [6, 6.07) is -1.77. The molecule has 0 saturated carbocycles. The van der Waals surface area contributed by atoms with Crippen molar-refractivity contribution in [2.75, 3.05) is 7.05 Å². The van der Waals surface area contributed by atoms with Gasteiger partial charge in [-0.1, -0.05) is 0 Å². The molecule has 3 N–H and O–H groups in total. The molecule has 0 aromatic carbocycles. The van der Waals surface area contributed by atoms with Crippen LogP contribution < -0.4 is 16.4 Å². The molecule has 0 unspecified atom stereocenters. The van der Waals surface area contributed by atoms with Gasteiger partial charge < -0.3 is 5.32 Å². The van der Waals surface area contributed by atoms with Crippen LogP contribution >= 0.6 is 0 Å². The predicted molar refractivity (Wildman–Crippen MR) is 26.1 cm³/mol. The highest BCUT2D eigenvalue weighted by Crippen LogP contribution is 1.59. The van der Waals surface area contributed by atoms with E-state index in [1.54, 1.807) is 5.32 Å². The second-order valence-corrected chi connectivity index (χ2v) is 1.03. The van der Waals surface area contributed by atoms with Gasteiger partial charge in [0.2, 0.25) is 0 Å². The number of hydrogen-bond donors (Lipinski definition) is 2. The number of carbonyl (C=O) groups is 2. The average Bonchev–Trinajstić information content (AvgIpc) is 1.65. The van der Waals surface area contributed by atoms with Crippen LogP contribution in [0.2, 0.25) is 0 Å². The molecule has 0 saturated heterocycles. The van der Waals surface area contributed by atoms with Gasteiger partial charge in [0.15, 0.2) is 0 Å². The highest BCUT2D eigenvalue weighted by molar-refractivity contribution is 5.91. The molecule has 0 atom stereocenters. The van der Waals surface area contributed by atoms with Gasteiger partial charge in [-0.2, -0.15) is 0 Å². The number of amides is 4. The van der Waals surface area contributed by atoms with E-state index in [1.165, 1.54) is 7.05 Å². The van der Waals surface area contributed by atoms with Gasteiger partial charge in [-0.15, -0.1) is 0 Å². The standard InChI is InChI=1S/C3H6N3O2/c1-5-3(8)6-2(4)7/h4H,1H3,(H2,5,6,7,8). The second kappa shape index (κ2) is 2.84. The highest BCUT2D eigenvalue weighted by Gasteiger charge is 1.97. The molecule has 0 rings (SSSR count). The lowest BCUT2D eigenvalue weighted by atomic mass is 10.9. The minimum Gasteiger partial charge on any atom is -0.341 e. The first-order chi connectivity index (χ1) is 3.66. The summed E-state index contributed by atoms with van der Waals surface area (Å²) in [6.45, 7) is 0. The molecule has 8 heavy (non-hydrogen) atoms. The van der Waals surface area contributed by atoms with Gasteiger partial charge in [0.25, 0.3) is 0 Å². The zero-order chi connectivity index (χ0) is 6.57. The number of imide groups is 1. The van der Waals surface area contributed by atoms with Gasteiger partial charge in [0.1, 0.15) is 0 Å². The topological polar surface area (TPSA) is 82.0 Å². The lowest BCUT2D eigenvalue weighted by Gasteiger charge is -1.94. The Labute approximate surface area is 46.2 Å². The molecule has 5 nitrogen and oxygen atoms in total. The molecule has 45 valence electrons. The van der Waals surface area contributed by atoms with Crippen molar-refractivity contribution in [3.63, 3.8) is 0 Å². The van der Waals surface area contributed by atoms with Crippen molar-refractivity contribution in [2.45, 2.75) is 0 Å². The van der Waals surface area contributed by atoms with Crippen molar-refractivity contribution in [1.82, 2.24) is 16.4 Å². The predicted octanol–water partition coefficient (Wildman–Crippen LogP) is -0.682. The summed E-state index contributed by atoms with van der Waals surface area (Å²) in [5, 5.41) is 3.78. The van der Waals surface area contributed by atoms with Crippen LogP contribution in [0.4, 0.5) is 9.59 Å². The fraction of sp³-hybridized carbons (Fsp3) is 0.333. The molecular weight excluding hydrogens is 110 g/mol. The van der Waals surface area contributed by atoms with Crippen molar-refractivity contribution in [3.8, 4) is 0 Å². The van der Waals surface area contributed by atoms with E-state index >= 15 is 0 Å². The van der Waals surface area contributed by atoms with Crippen LogP contribution in [0.1, 0.15) is 0 Å². The number of nitrogens with one attached hydrogen (secondary N) is 3. The SMILES string of the molecule is CNC(=O)NC([NH])=O. The quantitative estimate of drug-likeness (QED) is 0.439. The van der Waals surface area contributed by atoms with Crippen LogP contribution in [0.3, 0.4) is 0 Å². The fourth-order valence-corrected chi connectivity index (χ4v) is 0.166. The van der Waals surface area contributed by atoms with E-state index in [-0.39, 0.29) is 0 Å². The maximum absolute atomic E-state index is 10.1. The lowest BCUT2D eigenvalue weighted by Crippen LogP contribution is -2.36. The Morgan fingerprint density at radius 3 is 2.12 bits per heavy atom. The van der Waals surface area contributed by atoms with Crippen LogP contribution in [0.25, 0.3) is 0 Å². The van der Waals surface area contributed by atoms with E-state index < -0.39 is 12.1 Å². The van der Waals surface area contributed by atoms with Crippen LogP contribution in [0.5, 0.6) is 0 Å². The third-order valence-electron chi connectivity index (χ3n) is 0.454. The van der Waals surface area contributed by atoms with Gasteiger partial charge in [0, 0.05) is 7.05 Å². The first-order valence-corrected chi connectivity index (χ1v) is 1.91. The second-order valence-electron chi connectivity index (χ2n) is 1.03. The zero-order valence-electron chi connectivity index (χ0n) is 4.32. The monoisotopic (exact) mass is 116 g/mol. The normalized spacial score (nSPS) is 7.62. The van der Waals surface area contributed by atoms with Crippen molar-refractivity contribution in [1.29, 1.82) is 0 Å². The number of carbonyl (C=O) groups excluding carboxylic acids is 2. The largest absolute Gasteiger partial charge is 0.341 e. The van der Waals surface area contributed by atoms with Crippen molar-refractivity contribution >= 4 is 12.1 Å². The fourth-order valence-electron chi connectivity index (χ4n) is 0.166. The van der Waals surface area contributed by atoms with E-state index in [4.69, 9.17) is 5.73 Å². The van der Waals surface area contributed by atoms with Gasteiger partial charge in [0.05, 0.1) is 0 Å². The third kappa shape index (κ3) is 2.95. The third-order valence-corrected chi connectivity index (χ3v) is 0.454. The Balaban J connectivity index is 3.40. The number of rotatable bonds is 0. The van der Waals surface area contributed by atoms with Gasteiger partial charge in [-0.25, -0.2) is 15.3 Å². The molecule has 5 heteroatoms. The molecule has 0 aromatic rings. The Morgan fingerprint density at radius 2 is 2.00 bits per heavy atom. The first kappa shape index (κ1) is 6.74. The summed E-state index contributed by atoms with van der Waals surface area (Å²) in [5.74, 6) is 0. The van der Waals surface area contributed by atoms with Gasteiger partial charge in [-0.05, 0) is 0 Å². The molecule has 0 aliphatic carbocycles. The summed E-state index contributed by atoms with van der Waals surface area (Å²) < 4.78 is 0. The number of hydrogen-bond acceptors (Lipinski definition) is 2. The van der Waals surface area contributed by atoms with Crippen molar-refractivity contribution in [2.24, 2.45) is 0 Å². The maximum Gasteiger partial charge on any atom is 0.341 e. The van der Waals surface area contributed by atoms with Crippen molar-refractivity contribution < 1.29 is 9.59 Å². The van der Waals surface area contributed by atoms with Crippen LogP contribution in [-0.2, 0) is 0 Å². The van der Waals surface area contributed by atoms with Crippen LogP contribution in [0.15, 0.2) is 0 Å². The van der Waals surface area contributed by atoms with Gasteiger partial charge >= 0.3 is 12.1 Å². The van der Waals surface area contributed by atoms with E-state index in [9.17, 15) is 9.59 Å². The minimum atomic E-state index is -1.11. The van der Waals surface area contributed by atoms with Gasteiger partial charge in [-0.3, -0.25) is 5.32 Å². The van der Waals surface area contributed by atoms with E-state index in [1.807, 2.05) is 0 Å². The van der Waals surface area contributed by atoms with E-state index in [0.29, 0.717) is 0 Å². The Morgan fingerprint density at radius 1 is 1.50 bits per heavy atom. The molecular formula is C3H6N3O2. The molecule has 0 aromatic heterocycles. The lowest BCUT2D eigenvalue weighted by molar-refractivity contribution is 0.232. The van der Waals surface area contributed by atoms with Crippen LogP contribution in [-0.4, -0.2) is 19.1 Å². The van der Waals surface area contributed by atoms with Crippen molar-refractivity contribution in [3.05, 3.63) is 0 Å². The molecule has 0 heterocycles. The smallest absolute Gasteiger partial charge is 0.341 e. The molecule has 0 spiro atoms. The Kier molecular flexibility index (Phi) is 2.39. The molecule has 0 aliphatic heterocycles. The first-order valence-electron chi connectivity index (χ1n) is 1.91. The van der Waals surface area contributed by atoms with E-state index in [0.717, 1.165) is 0 Å². The Bertz CT molecular complexity index is 111.